The zero-order valence-electron chi connectivity index (χ0n) is 20.2. The Morgan fingerprint density at radius 3 is 2.39 bits per heavy atom. The monoisotopic (exact) mass is 514 g/mol. The predicted octanol–water partition coefficient (Wildman–Crippen LogP) is 4.04. The van der Waals surface area contributed by atoms with E-state index in [-0.39, 0.29) is 17.4 Å². The standard InChI is InChI=1S/C25H27ClN4O6/c1-33-20-12-18(25(32)35-3)19(13-21(20)34-2)27-24(31)16-8-10-30(11-9-16)14-22-28-23(29-36-22)15-4-6-17(26)7-5-15/h4-7,12-13,16H,8-11,14H2,1-3H3,(H,27,31). The van der Waals surface area contributed by atoms with E-state index >= 15 is 0 Å². The molecule has 3 aromatic rings. The van der Waals surface area contributed by atoms with Crippen LogP contribution in [0.15, 0.2) is 40.9 Å². The number of esters is 1. The Hall–Kier alpha value is -3.63. The molecule has 1 aliphatic heterocycles. The largest absolute Gasteiger partial charge is 0.493 e. The van der Waals surface area contributed by atoms with Crippen molar-refractivity contribution in [3.05, 3.63) is 52.9 Å². The molecule has 1 aromatic heterocycles. The summed E-state index contributed by atoms with van der Waals surface area (Å²) in [7, 11) is 4.23. The lowest BCUT2D eigenvalue weighted by Crippen LogP contribution is -2.38. The Bertz CT molecular complexity index is 1220. The number of piperidine rings is 1. The van der Waals surface area contributed by atoms with Gasteiger partial charge in [0.1, 0.15) is 0 Å². The first-order chi connectivity index (χ1) is 17.4. The zero-order valence-corrected chi connectivity index (χ0v) is 21.0. The van der Waals surface area contributed by atoms with E-state index in [2.05, 4.69) is 20.4 Å². The smallest absolute Gasteiger partial charge is 0.340 e. The summed E-state index contributed by atoms with van der Waals surface area (Å²) in [6.07, 6.45) is 1.29. The van der Waals surface area contributed by atoms with Crippen molar-refractivity contribution in [3.8, 4) is 22.9 Å². The highest BCUT2D eigenvalue weighted by Crippen LogP contribution is 2.34. The quantitative estimate of drug-likeness (QED) is 0.444. The molecule has 11 heteroatoms. The molecule has 0 radical (unpaired) electrons. The SMILES string of the molecule is COC(=O)c1cc(OC)c(OC)cc1NC(=O)C1CCN(Cc2nc(-c3ccc(Cl)cc3)no2)CC1. The number of halogens is 1. The molecule has 1 saturated heterocycles. The number of ether oxygens (including phenoxy) is 3. The molecule has 0 spiro atoms. The summed E-state index contributed by atoms with van der Waals surface area (Å²) in [5, 5.41) is 7.56. The summed E-state index contributed by atoms with van der Waals surface area (Å²) in [4.78, 5) is 31.9. The molecule has 0 unspecified atom stereocenters. The van der Waals surface area contributed by atoms with Gasteiger partial charge in [0.05, 0.1) is 39.1 Å². The second kappa shape index (κ2) is 11.4. The number of methoxy groups -OCH3 is 3. The van der Waals surface area contributed by atoms with Crippen molar-refractivity contribution in [1.82, 2.24) is 15.0 Å². The summed E-state index contributed by atoms with van der Waals surface area (Å²) >= 11 is 5.94. The van der Waals surface area contributed by atoms with Crippen LogP contribution < -0.4 is 14.8 Å². The van der Waals surface area contributed by atoms with Crippen molar-refractivity contribution in [3.63, 3.8) is 0 Å². The molecule has 4 rings (SSSR count). The Balaban J connectivity index is 1.36. The summed E-state index contributed by atoms with van der Waals surface area (Å²) in [6.45, 7) is 1.87. The minimum atomic E-state index is -0.585. The third-order valence-electron chi connectivity index (χ3n) is 6.07. The molecule has 190 valence electrons. The summed E-state index contributed by atoms with van der Waals surface area (Å²) < 4.78 is 20.9. The second-order valence-electron chi connectivity index (χ2n) is 8.30. The maximum atomic E-state index is 13.0. The molecule has 0 atom stereocenters. The van der Waals surface area contributed by atoms with Crippen LogP contribution in [0.1, 0.15) is 29.1 Å². The number of aromatic nitrogens is 2. The number of amides is 1. The highest BCUT2D eigenvalue weighted by atomic mass is 35.5. The molecule has 10 nitrogen and oxygen atoms in total. The van der Waals surface area contributed by atoms with Crippen molar-refractivity contribution in [2.45, 2.75) is 19.4 Å². The highest BCUT2D eigenvalue weighted by Gasteiger charge is 2.28. The second-order valence-corrected chi connectivity index (χ2v) is 8.74. The van der Waals surface area contributed by atoms with Gasteiger partial charge in [0.2, 0.25) is 17.6 Å². The molecule has 2 heterocycles. The number of likely N-dealkylation sites (tertiary alicyclic amines) is 1. The number of carbonyl (C=O) groups excluding carboxylic acids is 2. The van der Waals surface area contributed by atoms with E-state index in [0.717, 1.165) is 5.56 Å². The first-order valence-corrected chi connectivity index (χ1v) is 11.8. The van der Waals surface area contributed by atoms with Gasteiger partial charge in [0.25, 0.3) is 0 Å². The average molecular weight is 515 g/mol. The Morgan fingerprint density at radius 2 is 1.75 bits per heavy atom. The fourth-order valence-corrected chi connectivity index (χ4v) is 4.20. The molecule has 36 heavy (non-hydrogen) atoms. The third-order valence-corrected chi connectivity index (χ3v) is 6.33. The lowest BCUT2D eigenvalue weighted by molar-refractivity contribution is -0.121. The summed E-state index contributed by atoms with van der Waals surface area (Å²) in [5.41, 5.74) is 1.33. The van der Waals surface area contributed by atoms with Gasteiger partial charge in [-0.15, -0.1) is 0 Å². The minimum Gasteiger partial charge on any atom is -0.493 e. The topological polar surface area (TPSA) is 116 Å². The van der Waals surface area contributed by atoms with Crippen LogP contribution in [0.5, 0.6) is 11.5 Å². The number of benzene rings is 2. The van der Waals surface area contributed by atoms with Gasteiger partial charge >= 0.3 is 5.97 Å². The molecule has 1 aliphatic rings. The van der Waals surface area contributed by atoms with Gasteiger partial charge in [-0.1, -0.05) is 16.8 Å². The highest BCUT2D eigenvalue weighted by molar-refractivity contribution is 6.30. The average Bonchev–Trinajstić information content (AvgIpc) is 3.37. The molecule has 1 N–H and O–H groups in total. The van der Waals surface area contributed by atoms with Crippen LogP contribution in [0.25, 0.3) is 11.4 Å². The van der Waals surface area contributed by atoms with E-state index in [0.29, 0.717) is 66.4 Å². The normalized spacial score (nSPS) is 14.3. The summed E-state index contributed by atoms with van der Waals surface area (Å²) in [5.74, 6) is 0.806. The molecule has 1 fully saturated rings. The van der Waals surface area contributed by atoms with E-state index in [1.807, 2.05) is 12.1 Å². The van der Waals surface area contributed by atoms with Crippen molar-refractivity contribution in [1.29, 1.82) is 0 Å². The number of anilines is 1. The summed E-state index contributed by atoms with van der Waals surface area (Å²) in [6, 6.07) is 10.3. The van der Waals surface area contributed by atoms with Crippen LogP contribution in [-0.2, 0) is 16.1 Å². The maximum Gasteiger partial charge on any atom is 0.340 e. The van der Waals surface area contributed by atoms with E-state index in [4.69, 9.17) is 30.3 Å². The number of rotatable bonds is 8. The third kappa shape index (κ3) is 5.77. The van der Waals surface area contributed by atoms with Crippen molar-refractivity contribution in [2.75, 3.05) is 39.7 Å². The number of hydrogen-bond donors (Lipinski definition) is 1. The van der Waals surface area contributed by atoms with Crippen LogP contribution >= 0.6 is 11.6 Å². The van der Waals surface area contributed by atoms with Gasteiger partial charge in [-0.25, -0.2) is 4.79 Å². The molecule has 0 aliphatic carbocycles. The Kier molecular flexibility index (Phi) is 8.07. The molecule has 2 aromatic carbocycles. The van der Waals surface area contributed by atoms with Crippen molar-refractivity contribution >= 4 is 29.2 Å². The Morgan fingerprint density at radius 1 is 1.08 bits per heavy atom. The maximum absolute atomic E-state index is 13.0. The number of carbonyl (C=O) groups is 2. The van der Waals surface area contributed by atoms with Gasteiger partial charge in [0.15, 0.2) is 11.5 Å². The lowest BCUT2D eigenvalue weighted by Gasteiger charge is -2.30. The van der Waals surface area contributed by atoms with Crippen molar-refractivity contribution in [2.24, 2.45) is 5.92 Å². The van der Waals surface area contributed by atoms with E-state index in [1.165, 1.54) is 27.4 Å². The molecule has 0 saturated carbocycles. The van der Waals surface area contributed by atoms with Crippen LogP contribution in [-0.4, -0.2) is 61.3 Å². The first-order valence-electron chi connectivity index (χ1n) is 11.4. The van der Waals surface area contributed by atoms with Crippen LogP contribution in [0.4, 0.5) is 5.69 Å². The fourth-order valence-electron chi connectivity index (χ4n) is 4.08. The van der Waals surface area contributed by atoms with Crippen LogP contribution in [0.2, 0.25) is 5.02 Å². The van der Waals surface area contributed by atoms with E-state index < -0.39 is 5.97 Å². The lowest BCUT2D eigenvalue weighted by atomic mass is 9.95. The molecular weight excluding hydrogens is 488 g/mol. The predicted molar refractivity (Wildman–Crippen MR) is 132 cm³/mol. The van der Waals surface area contributed by atoms with E-state index in [1.54, 1.807) is 18.2 Å². The van der Waals surface area contributed by atoms with Gasteiger partial charge in [0, 0.05) is 28.6 Å². The van der Waals surface area contributed by atoms with Crippen molar-refractivity contribution < 1.29 is 28.3 Å². The minimum absolute atomic E-state index is 0.171. The number of hydrogen-bond acceptors (Lipinski definition) is 9. The number of nitrogens with zero attached hydrogens (tertiary/aromatic N) is 3. The Labute approximate surface area is 213 Å². The number of nitrogens with one attached hydrogen (secondary N) is 1. The zero-order chi connectivity index (χ0) is 25.7. The first kappa shape index (κ1) is 25.5. The van der Waals surface area contributed by atoms with Gasteiger partial charge in [-0.2, -0.15) is 4.98 Å². The van der Waals surface area contributed by atoms with Gasteiger partial charge in [-0.3, -0.25) is 9.69 Å². The van der Waals surface area contributed by atoms with Crippen LogP contribution in [0.3, 0.4) is 0 Å². The fraction of sp³-hybridized carbons (Fsp3) is 0.360. The molecular formula is C25H27ClN4O6. The van der Waals surface area contributed by atoms with E-state index in [9.17, 15) is 9.59 Å². The molecule has 1 amide bonds. The van der Waals surface area contributed by atoms with Gasteiger partial charge < -0.3 is 24.1 Å². The van der Waals surface area contributed by atoms with Gasteiger partial charge in [-0.05, 0) is 50.2 Å². The van der Waals surface area contributed by atoms with Crippen LogP contribution in [0, 0.1) is 5.92 Å². The molecule has 0 bridgehead atoms.